The van der Waals surface area contributed by atoms with E-state index in [-0.39, 0.29) is 5.91 Å². The fourth-order valence-electron chi connectivity index (χ4n) is 2.18. The molecule has 1 amide bonds. The molecule has 1 aliphatic carbocycles. The topological polar surface area (TPSA) is 41.1 Å². The van der Waals surface area contributed by atoms with Gasteiger partial charge in [-0.3, -0.25) is 4.79 Å². The Morgan fingerprint density at radius 2 is 1.84 bits per heavy atom. The number of nitrogens with one attached hydrogen (secondary N) is 2. The van der Waals surface area contributed by atoms with Crippen molar-refractivity contribution in [3.63, 3.8) is 0 Å². The predicted octanol–water partition coefficient (Wildman–Crippen LogP) is 2.78. The quantitative estimate of drug-likeness (QED) is 0.806. The first-order valence-corrected chi connectivity index (χ1v) is 6.83. The molecule has 3 rings (SSSR count). The van der Waals surface area contributed by atoms with E-state index in [2.05, 4.69) is 41.0 Å². The van der Waals surface area contributed by atoms with E-state index >= 15 is 0 Å². The van der Waals surface area contributed by atoms with Crippen LogP contribution in [0.4, 0.5) is 5.69 Å². The second-order valence-electron chi connectivity index (χ2n) is 5.05. The fourth-order valence-corrected chi connectivity index (χ4v) is 2.18. The van der Waals surface area contributed by atoms with Gasteiger partial charge in [-0.2, -0.15) is 0 Å². The Kier molecular flexibility index (Phi) is 3.36. The third-order valence-electron chi connectivity index (χ3n) is 3.45. The summed E-state index contributed by atoms with van der Waals surface area (Å²) in [7, 11) is 0. The summed E-state index contributed by atoms with van der Waals surface area (Å²) in [6.45, 7) is 1.44. The molecule has 0 unspecified atom stereocenters. The maximum atomic E-state index is 11.5. The highest BCUT2D eigenvalue weighted by atomic mass is 16.2. The number of carbonyl (C=O) groups excluding carboxylic acids is 1. The lowest BCUT2D eigenvalue weighted by atomic mass is 10.1. The molecule has 0 atom stereocenters. The van der Waals surface area contributed by atoms with Crippen molar-refractivity contribution >= 4 is 22.4 Å². The summed E-state index contributed by atoms with van der Waals surface area (Å²) in [4.78, 5) is 11.5. The summed E-state index contributed by atoms with van der Waals surface area (Å²) >= 11 is 0. The van der Waals surface area contributed by atoms with Crippen LogP contribution in [0.1, 0.15) is 12.8 Å². The van der Waals surface area contributed by atoms with Crippen LogP contribution in [0.3, 0.4) is 0 Å². The summed E-state index contributed by atoms with van der Waals surface area (Å²) < 4.78 is 0. The molecule has 19 heavy (non-hydrogen) atoms. The Morgan fingerprint density at radius 1 is 1.05 bits per heavy atom. The van der Waals surface area contributed by atoms with Gasteiger partial charge in [0.1, 0.15) is 0 Å². The van der Waals surface area contributed by atoms with Crippen molar-refractivity contribution in [1.82, 2.24) is 5.32 Å². The molecule has 0 aromatic heterocycles. The van der Waals surface area contributed by atoms with Gasteiger partial charge in [0.15, 0.2) is 0 Å². The van der Waals surface area contributed by atoms with E-state index in [9.17, 15) is 4.79 Å². The standard InChI is InChI=1S/C16H18N2O/c19-16(13-5-6-13)18-10-9-17-15-8-7-12-3-1-2-4-14(12)11-15/h1-4,7-8,11,13,17H,5-6,9-10H2,(H,18,19). The Labute approximate surface area is 113 Å². The van der Waals surface area contributed by atoms with Crippen LogP contribution in [0.25, 0.3) is 10.8 Å². The molecule has 0 spiro atoms. The number of amides is 1. The fraction of sp³-hybridized carbons (Fsp3) is 0.312. The van der Waals surface area contributed by atoms with E-state index in [1.807, 2.05) is 12.1 Å². The molecule has 98 valence electrons. The van der Waals surface area contributed by atoms with Crippen LogP contribution in [0.2, 0.25) is 0 Å². The molecule has 2 aromatic carbocycles. The number of anilines is 1. The van der Waals surface area contributed by atoms with Crippen molar-refractivity contribution in [2.75, 3.05) is 18.4 Å². The molecule has 3 nitrogen and oxygen atoms in total. The third-order valence-corrected chi connectivity index (χ3v) is 3.45. The van der Waals surface area contributed by atoms with E-state index in [0.29, 0.717) is 12.5 Å². The number of hydrogen-bond donors (Lipinski definition) is 2. The second-order valence-corrected chi connectivity index (χ2v) is 5.05. The van der Waals surface area contributed by atoms with Crippen LogP contribution >= 0.6 is 0 Å². The number of fused-ring (bicyclic) bond motifs is 1. The minimum absolute atomic E-state index is 0.209. The van der Waals surface area contributed by atoms with Crippen LogP contribution in [-0.4, -0.2) is 19.0 Å². The molecule has 0 aliphatic heterocycles. The van der Waals surface area contributed by atoms with E-state index in [1.54, 1.807) is 0 Å². The highest BCUT2D eigenvalue weighted by Crippen LogP contribution is 2.28. The van der Waals surface area contributed by atoms with Gasteiger partial charge in [-0.1, -0.05) is 30.3 Å². The van der Waals surface area contributed by atoms with Gasteiger partial charge >= 0.3 is 0 Å². The molecular weight excluding hydrogens is 236 g/mol. The van der Waals surface area contributed by atoms with E-state index in [1.165, 1.54) is 10.8 Å². The molecule has 1 fully saturated rings. The molecular formula is C16H18N2O. The minimum Gasteiger partial charge on any atom is -0.383 e. The number of rotatable bonds is 5. The van der Waals surface area contributed by atoms with Crippen molar-refractivity contribution in [1.29, 1.82) is 0 Å². The van der Waals surface area contributed by atoms with Gasteiger partial charge in [-0.25, -0.2) is 0 Å². The monoisotopic (exact) mass is 254 g/mol. The van der Waals surface area contributed by atoms with Crippen LogP contribution in [-0.2, 0) is 4.79 Å². The van der Waals surface area contributed by atoms with Crippen molar-refractivity contribution in [3.8, 4) is 0 Å². The lowest BCUT2D eigenvalue weighted by Crippen LogP contribution is -2.29. The second kappa shape index (κ2) is 5.31. The lowest BCUT2D eigenvalue weighted by Gasteiger charge is -2.08. The zero-order valence-electron chi connectivity index (χ0n) is 10.9. The lowest BCUT2D eigenvalue weighted by molar-refractivity contribution is -0.122. The summed E-state index contributed by atoms with van der Waals surface area (Å²) in [5, 5.41) is 8.76. The van der Waals surface area contributed by atoms with Gasteiger partial charge in [0.25, 0.3) is 0 Å². The SMILES string of the molecule is O=C(NCCNc1ccc2ccccc2c1)C1CC1. The first-order chi connectivity index (χ1) is 9.33. The molecule has 0 bridgehead atoms. The Balaban J connectivity index is 1.51. The number of carbonyl (C=O) groups is 1. The van der Waals surface area contributed by atoms with Crippen molar-refractivity contribution in [3.05, 3.63) is 42.5 Å². The van der Waals surface area contributed by atoms with Gasteiger partial charge in [0.05, 0.1) is 0 Å². The van der Waals surface area contributed by atoms with Crippen LogP contribution in [0, 0.1) is 5.92 Å². The van der Waals surface area contributed by atoms with Crippen LogP contribution < -0.4 is 10.6 Å². The largest absolute Gasteiger partial charge is 0.383 e. The Hall–Kier alpha value is -2.03. The molecule has 1 saturated carbocycles. The zero-order chi connectivity index (χ0) is 13.1. The van der Waals surface area contributed by atoms with Crippen LogP contribution in [0.5, 0.6) is 0 Å². The molecule has 0 saturated heterocycles. The highest BCUT2D eigenvalue weighted by Gasteiger charge is 2.28. The van der Waals surface area contributed by atoms with Crippen LogP contribution in [0.15, 0.2) is 42.5 Å². The molecule has 2 N–H and O–H groups in total. The average Bonchev–Trinajstić information content (AvgIpc) is 3.28. The zero-order valence-corrected chi connectivity index (χ0v) is 10.9. The smallest absolute Gasteiger partial charge is 0.223 e. The van der Waals surface area contributed by atoms with E-state index < -0.39 is 0 Å². The first-order valence-electron chi connectivity index (χ1n) is 6.83. The maximum absolute atomic E-state index is 11.5. The van der Waals surface area contributed by atoms with Gasteiger partial charge in [-0.15, -0.1) is 0 Å². The highest BCUT2D eigenvalue weighted by molar-refractivity contribution is 5.85. The van der Waals surface area contributed by atoms with E-state index in [4.69, 9.17) is 0 Å². The average molecular weight is 254 g/mol. The molecule has 3 heteroatoms. The van der Waals surface area contributed by atoms with Crippen molar-refractivity contribution in [2.24, 2.45) is 5.92 Å². The first kappa shape index (κ1) is 12.0. The Bertz CT molecular complexity index is 590. The van der Waals surface area contributed by atoms with Crippen molar-refractivity contribution in [2.45, 2.75) is 12.8 Å². The third kappa shape index (κ3) is 3.05. The summed E-state index contributed by atoms with van der Waals surface area (Å²) in [5.74, 6) is 0.501. The predicted molar refractivity (Wildman–Crippen MR) is 78.2 cm³/mol. The maximum Gasteiger partial charge on any atom is 0.223 e. The Morgan fingerprint density at radius 3 is 2.63 bits per heavy atom. The number of hydrogen-bond acceptors (Lipinski definition) is 2. The van der Waals surface area contributed by atoms with Gasteiger partial charge in [-0.05, 0) is 35.7 Å². The van der Waals surface area contributed by atoms with Gasteiger partial charge in [0.2, 0.25) is 5.91 Å². The number of benzene rings is 2. The molecule has 0 heterocycles. The van der Waals surface area contributed by atoms with Gasteiger partial charge < -0.3 is 10.6 Å². The van der Waals surface area contributed by atoms with Gasteiger partial charge in [0, 0.05) is 24.7 Å². The van der Waals surface area contributed by atoms with E-state index in [0.717, 1.165) is 25.1 Å². The molecule has 2 aromatic rings. The van der Waals surface area contributed by atoms with Crippen molar-refractivity contribution < 1.29 is 4.79 Å². The normalized spacial score (nSPS) is 14.3. The summed E-state index contributed by atoms with van der Waals surface area (Å²) in [6.07, 6.45) is 2.12. The summed E-state index contributed by atoms with van der Waals surface area (Å²) in [6, 6.07) is 14.6. The molecule has 1 aliphatic rings. The summed E-state index contributed by atoms with van der Waals surface area (Å²) in [5.41, 5.74) is 1.10. The minimum atomic E-state index is 0.209. The molecule has 0 radical (unpaired) electrons.